The molecule has 0 aliphatic carbocycles. The minimum atomic E-state index is 0.0157. The van der Waals surface area contributed by atoms with Crippen molar-refractivity contribution in [1.29, 1.82) is 0 Å². The summed E-state index contributed by atoms with van der Waals surface area (Å²) in [7, 11) is 0. The number of pyridine rings is 1. The van der Waals surface area contributed by atoms with Crippen LogP contribution in [0.15, 0.2) is 48.5 Å². The normalized spacial score (nSPS) is 13.6. The van der Waals surface area contributed by atoms with Crippen molar-refractivity contribution < 1.29 is 9.53 Å². The van der Waals surface area contributed by atoms with Gasteiger partial charge in [-0.15, -0.1) is 0 Å². The number of aromatic nitrogens is 1. The lowest BCUT2D eigenvalue weighted by molar-refractivity contribution is 0.0997. The molecule has 0 unspecified atom stereocenters. The lowest BCUT2D eigenvalue weighted by Gasteiger charge is -2.17. The van der Waals surface area contributed by atoms with Gasteiger partial charge in [0, 0.05) is 16.6 Å². The Hall–Kier alpha value is -2.88. The number of para-hydroxylation sites is 1. The highest BCUT2D eigenvalue weighted by atomic mass is 16.5. The van der Waals surface area contributed by atoms with Crippen LogP contribution in [-0.4, -0.2) is 17.0 Å². The first kappa shape index (κ1) is 15.6. The zero-order chi connectivity index (χ0) is 17.6. The number of carbonyl (C=O) groups excluding carboxylic acids is 1. The van der Waals surface area contributed by atoms with E-state index >= 15 is 0 Å². The molecule has 3 aromatic rings. The van der Waals surface area contributed by atoms with Crippen LogP contribution in [0, 0.1) is 6.92 Å². The molecule has 0 saturated heterocycles. The molecule has 0 atom stereocenters. The van der Waals surface area contributed by atoms with Gasteiger partial charge in [-0.25, -0.2) is 0 Å². The number of benzene rings is 2. The SMILES string of the molecule is Cc1ccc2cccc(N3Cc4cc(OC(C)C)ccc4C3=O)c2n1. The van der Waals surface area contributed by atoms with Crippen LogP contribution in [0.2, 0.25) is 0 Å². The van der Waals surface area contributed by atoms with Gasteiger partial charge in [-0.3, -0.25) is 9.78 Å². The summed E-state index contributed by atoms with van der Waals surface area (Å²) in [5, 5.41) is 1.04. The number of nitrogens with zero attached hydrogens (tertiary/aromatic N) is 2. The van der Waals surface area contributed by atoms with Crippen molar-refractivity contribution in [2.45, 2.75) is 33.4 Å². The maximum Gasteiger partial charge on any atom is 0.259 e. The molecule has 0 saturated carbocycles. The van der Waals surface area contributed by atoms with E-state index in [9.17, 15) is 4.79 Å². The lowest BCUT2D eigenvalue weighted by atomic mass is 10.1. The minimum absolute atomic E-state index is 0.0157. The van der Waals surface area contributed by atoms with Crippen molar-refractivity contribution in [2.24, 2.45) is 0 Å². The summed E-state index contributed by atoms with van der Waals surface area (Å²) in [5.74, 6) is 0.817. The second-order valence-electron chi connectivity index (χ2n) is 6.68. The third-order valence-electron chi connectivity index (χ3n) is 4.38. The van der Waals surface area contributed by atoms with E-state index in [4.69, 9.17) is 4.74 Å². The van der Waals surface area contributed by atoms with E-state index in [1.807, 2.05) is 69.3 Å². The van der Waals surface area contributed by atoms with Crippen molar-refractivity contribution in [3.05, 3.63) is 65.4 Å². The van der Waals surface area contributed by atoms with E-state index in [1.165, 1.54) is 0 Å². The molecule has 25 heavy (non-hydrogen) atoms. The van der Waals surface area contributed by atoms with Crippen LogP contribution < -0.4 is 9.64 Å². The predicted molar refractivity (Wildman–Crippen MR) is 99.2 cm³/mol. The van der Waals surface area contributed by atoms with E-state index in [1.54, 1.807) is 4.90 Å². The zero-order valence-corrected chi connectivity index (χ0v) is 14.6. The van der Waals surface area contributed by atoms with Gasteiger partial charge in [0.05, 0.1) is 23.9 Å². The number of anilines is 1. The Labute approximate surface area is 147 Å². The molecule has 0 fully saturated rings. The van der Waals surface area contributed by atoms with Crippen molar-refractivity contribution in [1.82, 2.24) is 4.98 Å². The van der Waals surface area contributed by atoms with Gasteiger partial charge >= 0.3 is 0 Å². The molecule has 4 heteroatoms. The Balaban J connectivity index is 1.76. The predicted octanol–water partition coefficient (Wildman–Crippen LogP) is 4.49. The molecule has 1 aliphatic heterocycles. The first-order valence-electron chi connectivity index (χ1n) is 8.51. The van der Waals surface area contributed by atoms with Crippen LogP contribution in [0.1, 0.15) is 35.5 Å². The monoisotopic (exact) mass is 332 g/mol. The van der Waals surface area contributed by atoms with Gasteiger partial charge in [-0.1, -0.05) is 18.2 Å². The number of carbonyl (C=O) groups is 1. The molecule has 4 nitrogen and oxygen atoms in total. The number of hydrogen-bond acceptors (Lipinski definition) is 3. The van der Waals surface area contributed by atoms with Gasteiger partial charge in [-0.05, 0) is 56.7 Å². The van der Waals surface area contributed by atoms with Crippen LogP contribution in [0.3, 0.4) is 0 Å². The Kier molecular flexibility index (Phi) is 3.68. The first-order chi connectivity index (χ1) is 12.0. The van der Waals surface area contributed by atoms with Crippen LogP contribution in [0.5, 0.6) is 5.75 Å². The average Bonchev–Trinajstić information content (AvgIpc) is 2.90. The summed E-state index contributed by atoms with van der Waals surface area (Å²) in [6.07, 6.45) is 0.108. The highest BCUT2D eigenvalue weighted by Gasteiger charge is 2.30. The van der Waals surface area contributed by atoms with E-state index in [2.05, 4.69) is 4.98 Å². The zero-order valence-electron chi connectivity index (χ0n) is 14.6. The Morgan fingerprint density at radius 2 is 1.96 bits per heavy atom. The summed E-state index contributed by atoms with van der Waals surface area (Å²) < 4.78 is 5.76. The van der Waals surface area contributed by atoms with Gasteiger partial charge in [0.15, 0.2) is 0 Å². The first-order valence-corrected chi connectivity index (χ1v) is 8.51. The number of rotatable bonds is 3. The molecule has 2 heterocycles. The van der Waals surface area contributed by atoms with Crippen molar-refractivity contribution >= 4 is 22.5 Å². The summed E-state index contributed by atoms with van der Waals surface area (Å²) in [5.41, 5.74) is 4.39. The molecule has 126 valence electrons. The average molecular weight is 332 g/mol. The number of hydrogen-bond donors (Lipinski definition) is 0. The molecule has 1 amide bonds. The molecule has 0 radical (unpaired) electrons. The van der Waals surface area contributed by atoms with Crippen LogP contribution in [0.4, 0.5) is 5.69 Å². The molecule has 1 aromatic heterocycles. The molecular weight excluding hydrogens is 312 g/mol. The van der Waals surface area contributed by atoms with Crippen LogP contribution in [-0.2, 0) is 6.54 Å². The van der Waals surface area contributed by atoms with Gasteiger partial charge in [0.25, 0.3) is 5.91 Å². The molecule has 0 spiro atoms. The van der Waals surface area contributed by atoms with Gasteiger partial charge in [-0.2, -0.15) is 0 Å². The van der Waals surface area contributed by atoms with Gasteiger partial charge in [0.1, 0.15) is 5.75 Å². The second kappa shape index (κ2) is 5.88. The Bertz CT molecular complexity index is 979. The van der Waals surface area contributed by atoms with Crippen LogP contribution >= 0.6 is 0 Å². The molecule has 2 aromatic carbocycles. The van der Waals surface area contributed by atoms with Crippen molar-refractivity contribution in [3.8, 4) is 5.75 Å². The number of ether oxygens (including phenoxy) is 1. The summed E-state index contributed by atoms with van der Waals surface area (Å²) in [6, 6.07) is 15.7. The fourth-order valence-corrected chi connectivity index (χ4v) is 3.28. The maximum absolute atomic E-state index is 12.9. The Morgan fingerprint density at radius 1 is 1.12 bits per heavy atom. The van der Waals surface area contributed by atoms with Crippen molar-refractivity contribution in [2.75, 3.05) is 4.90 Å². The standard InChI is InChI=1S/C21H20N2O2/c1-13(2)25-17-9-10-18-16(11-17)12-23(21(18)24)19-6-4-5-15-8-7-14(3)22-20(15)19/h4-11,13H,12H2,1-3H3. The van der Waals surface area contributed by atoms with Crippen LogP contribution in [0.25, 0.3) is 10.9 Å². The summed E-state index contributed by atoms with van der Waals surface area (Å²) in [4.78, 5) is 19.4. The van der Waals surface area contributed by atoms with Gasteiger partial charge in [0.2, 0.25) is 0 Å². The highest BCUT2D eigenvalue weighted by Crippen LogP contribution is 2.34. The van der Waals surface area contributed by atoms with Crippen molar-refractivity contribution in [3.63, 3.8) is 0 Å². The fourth-order valence-electron chi connectivity index (χ4n) is 3.28. The van der Waals surface area contributed by atoms with Gasteiger partial charge < -0.3 is 9.64 Å². The number of aryl methyl sites for hydroxylation is 1. The number of amides is 1. The molecular formula is C21H20N2O2. The highest BCUT2D eigenvalue weighted by molar-refractivity contribution is 6.13. The van der Waals surface area contributed by atoms with E-state index < -0.39 is 0 Å². The lowest BCUT2D eigenvalue weighted by Crippen LogP contribution is -2.23. The largest absolute Gasteiger partial charge is 0.491 e. The smallest absolute Gasteiger partial charge is 0.259 e. The number of fused-ring (bicyclic) bond motifs is 2. The topological polar surface area (TPSA) is 42.4 Å². The third-order valence-corrected chi connectivity index (χ3v) is 4.38. The van der Waals surface area contributed by atoms with E-state index in [0.29, 0.717) is 6.54 Å². The second-order valence-corrected chi connectivity index (χ2v) is 6.68. The molecule has 0 N–H and O–H groups in total. The molecule has 4 rings (SSSR count). The summed E-state index contributed by atoms with van der Waals surface area (Å²) >= 11 is 0. The summed E-state index contributed by atoms with van der Waals surface area (Å²) in [6.45, 7) is 6.49. The quantitative estimate of drug-likeness (QED) is 0.709. The molecule has 1 aliphatic rings. The third kappa shape index (κ3) is 2.74. The van der Waals surface area contributed by atoms with E-state index in [-0.39, 0.29) is 12.0 Å². The van der Waals surface area contributed by atoms with E-state index in [0.717, 1.165) is 39.2 Å². The fraction of sp³-hybridized carbons (Fsp3) is 0.238. The Morgan fingerprint density at radius 3 is 2.76 bits per heavy atom. The minimum Gasteiger partial charge on any atom is -0.491 e. The molecule has 0 bridgehead atoms. The maximum atomic E-state index is 12.9.